The Hall–Kier alpha value is -1.61. The number of nitrogens with zero attached hydrogens (tertiary/aromatic N) is 1. The monoisotopic (exact) mass is 525 g/mol. The van der Waals surface area contributed by atoms with Crippen LogP contribution in [0.2, 0.25) is 5.02 Å². The van der Waals surface area contributed by atoms with Gasteiger partial charge < -0.3 is 20.5 Å². The van der Waals surface area contributed by atoms with E-state index < -0.39 is 9.08 Å². The molecule has 5 nitrogen and oxygen atoms in total. The van der Waals surface area contributed by atoms with Crippen LogP contribution in [0.1, 0.15) is 25.0 Å². The second-order valence-electron chi connectivity index (χ2n) is 7.36. The van der Waals surface area contributed by atoms with Crippen molar-refractivity contribution in [1.29, 1.82) is 0 Å². The van der Waals surface area contributed by atoms with E-state index in [4.69, 9.17) is 26.8 Å². The second kappa shape index (κ2) is 8.63. The lowest BCUT2D eigenvalue weighted by molar-refractivity contribution is 0.302. The number of ether oxygens (including phenoxy) is 2. The fourth-order valence-corrected chi connectivity index (χ4v) is 4.14. The van der Waals surface area contributed by atoms with Gasteiger partial charge in [-0.3, -0.25) is 4.98 Å². The Kier molecular flexibility index (Phi) is 6.57. The molecule has 0 amide bonds. The van der Waals surface area contributed by atoms with Gasteiger partial charge in [-0.15, -0.1) is 0 Å². The lowest BCUT2D eigenvalue weighted by Gasteiger charge is -2.41. The Morgan fingerprint density at radius 1 is 1.14 bits per heavy atom. The summed E-state index contributed by atoms with van der Waals surface area (Å²) in [4.78, 5) is 4.44. The zero-order chi connectivity index (χ0) is 21.2. The van der Waals surface area contributed by atoms with Crippen molar-refractivity contribution in [1.82, 2.24) is 10.3 Å². The van der Waals surface area contributed by atoms with Gasteiger partial charge in [-0.25, -0.2) is 0 Å². The summed E-state index contributed by atoms with van der Waals surface area (Å²) in [5, 5.41) is 5.24. The van der Waals surface area contributed by atoms with Gasteiger partial charge in [0.15, 0.2) is 11.5 Å². The zero-order valence-electron chi connectivity index (χ0n) is 16.9. The van der Waals surface area contributed by atoms with E-state index in [1.165, 1.54) is 0 Å². The third-order valence-electron chi connectivity index (χ3n) is 5.21. The molecule has 0 saturated carbocycles. The van der Waals surface area contributed by atoms with Crippen LogP contribution in [0.4, 0.5) is 0 Å². The van der Waals surface area contributed by atoms with Crippen molar-refractivity contribution < 1.29 is 9.47 Å². The first-order valence-corrected chi connectivity index (χ1v) is 10.6. The van der Waals surface area contributed by atoms with Crippen molar-refractivity contribution in [3.63, 3.8) is 0 Å². The van der Waals surface area contributed by atoms with E-state index in [0.29, 0.717) is 17.3 Å². The van der Waals surface area contributed by atoms with Crippen LogP contribution >= 0.6 is 34.2 Å². The summed E-state index contributed by atoms with van der Waals surface area (Å²) >= 11 is 8.45. The minimum Gasteiger partial charge on any atom is -0.493 e. The Bertz CT molecular complexity index is 1020. The maximum Gasteiger partial charge on any atom is 0.165 e. The predicted molar refractivity (Wildman–Crippen MR) is 127 cm³/mol. The summed E-state index contributed by atoms with van der Waals surface area (Å²) in [6.45, 7) is 4.76. The molecule has 1 atom stereocenters. The molecule has 7 heteroatoms. The molecule has 1 unspecified atom stereocenters. The molecule has 3 N–H and O–H groups in total. The Morgan fingerprint density at radius 3 is 2.59 bits per heavy atom. The maximum absolute atomic E-state index is 6.92. The van der Waals surface area contributed by atoms with Crippen LogP contribution in [0.15, 0.2) is 48.7 Å². The van der Waals surface area contributed by atoms with Crippen molar-refractivity contribution in [2.24, 2.45) is 5.73 Å². The molecule has 2 aromatic carbocycles. The Balaban J connectivity index is 1.93. The van der Waals surface area contributed by atoms with Crippen molar-refractivity contribution in [2.75, 3.05) is 14.2 Å². The molecule has 1 aromatic heterocycles. The molecular formula is C22H25ClIN3O2. The molecule has 0 aliphatic heterocycles. The number of fused-ring (bicyclic) bond motifs is 1. The van der Waals surface area contributed by atoms with Gasteiger partial charge in [0.1, 0.15) is 3.55 Å². The number of benzene rings is 2. The summed E-state index contributed by atoms with van der Waals surface area (Å²) in [6, 6.07) is 13.5. The lowest BCUT2D eigenvalue weighted by atomic mass is 9.87. The zero-order valence-corrected chi connectivity index (χ0v) is 19.8. The summed E-state index contributed by atoms with van der Waals surface area (Å²) in [5.41, 5.74) is 9.28. The highest BCUT2D eigenvalue weighted by atomic mass is 127. The maximum atomic E-state index is 6.92. The number of rotatable bonds is 7. The van der Waals surface area contributed by atoms with Crippen LogP contribution < -0.4 is 20.5 Å². The fraction of sp³-hybridized carbons (Fsp3) is 0.318. The molecule has 3 aromatic rings. The van der Waals surface area contributed by atoms with Gasteiger partial charge in [0.05, 0.1) is 19.7 Å². The SMILES string of the molecule is COc1cccc(CNC(C)(C)C(N)(I)c2ccnc3cc(Cl)ccc23)c1OC. The Labute approximate surface area is 190 Å². The van der Waals surface area contributed by atoms with E-state index in [1.54, 1.807) is 20.4 Å². The van der Waals surface area contributed by atoms with Gasteiger partial charge in [-0.1, -0.05) is 52.4 Å². The molecule has 0 bridgehead atoms. The van der Waals surface area contributed by atoms with Crippen LogP contribution in [0.3, 0.4) is 0 Å². The molecule has 0 spiro atoms. The quantitative estimate of drug-likeness (QED) is 0.258. The van der Waals surface area contributed by atoms with Gasteiger partial charge >= 0.3 is 0 Å². The second-order valence-corrected chi connectivity index (χ2v) is 9.50. The van der Waals surface area contributed by atoms with Crippen LogP contribution in [0, 0.1) is 0 Å². The van der Waals surface area contributed by atoms with Crippen LogP contribution in [-0.2, 0) is 10.1 Å². The largest absolute Gasteiger partial charge is 0.493 e. The van der Waals surface area contributed by atoms with E-state index in [9.17, 15) is 0 Å². The summed E-state index contributed by atoms with van der Waals surface area (Å²) in [5.74, 6) is 1.42. The van der Waals surface area contributed by atoms with Crippen LogP contribution in [-0.4, -0.2) is 24.7 Å². The van der Waals surface area contributed by atoms with E-state index >= 15 is 0 Å². The number of nitrogens with one attached hydrogen (secondary N) is 1. The summed E-state index contributed by atoms with van der Waals surface area (Å²) < 4.78 is 10.2. The highest BCUT2D eigenvalue weighted by Gasteiger charge is 2.42. The minimum absolute atomic E-state index is 0.463. The minimum atomic E-state index is -0.716. The number of alkyl halides is 1. The summed E-state index contributed by atoms with van der Waals surface area (Å²) in [7, 11) is 3.28. The number of methoxy groups -OCH3 is 2. The third-order valence-corrected chi connectivity index (χ3v) is 7.38. The third kappa shape index (κ3) is 4.30. The van der Waals surface area contributed by atoms with Gasteiger partial charge in [0, 0.05) is 34.3 Å². The van der Waals surface area contributed by atoms with E-state index in [0.717, 1.165) is 27.8 Å². The molecule has 3 rings (SSSR count). The summed E-state index contributed by atoms with van der Waals surface area (Å²) in [6.07, 6.45) is 1.77. The van der Waals surface area contributed by atoms with Gasteiger partial charge in [0.2, 0.25) is 0 Å². The molecule has 0 aliphatic rings. The van der Waals surface area contributed by atoms with Gasteiger partial charge in [0.25, 0.3) is 0 Å². The molecule has 1 heterocycles. The predicted octanol–water partition coefficient (Wildman–Crippen LogP) is 5.02. The van der Waals surface area contributed by atoms with Crippen LogP contribution in [0.5, 0.6) is 11.5 Å². The normalized spacial score (nSPS) is 13.9. The average Bonchev–Trinajstić information content (AvgIpc) is 2.70. The molecule has 0 aliphatic carbocycles. The number of para-hydroxylation sites is 1. The molecule has 0 saturated heterocycles. The molecule has 29 heavy (non-hydrogen) atoms. The standard InChI is InChI=1S/C22H25ClIN3O2/c1-21(2,27-13-14-6-5-7-19(28-3)20(14)29-4)22(24,25)17-10-11-26-18-12-15(23)8-9-16(17)18/h5-12,27H,13,25H2,1-4H3. The smallest absolute Gasteiger partial charge is 0.165 e. The van der Waals surface area contributed by atoms with Crippen molar-refractivity contribution in [3.8, 4) is 11.5 Å². The van der Waals surface area contributed by atoms with Crippen molar-refractivity contribution in [2.45, 2.75) is 29.5 Å². The first-order chi connectivity index (χ1) is 13.7. The molecular weight excluding hydrogens is 501 g/mol. The molecule has 154 valence electrons. The molecule has 0 radical (unpaired) electrons. The van der Waals surface area contributed by atoms with E-state index in [1.807, 2.05) is 42.5 Å². The fourth-order valence-electron chi connectivity index (χ4n) is 3.31. The number of halogens is 2. The number of hydrogen-bond acceptors (Lipinski definition) is 5. The lowest BCUT2D eigenvalue weighted by Crippen LogP contribution is -2.58. The van der Waals surface area contributed by atoms with Crippen molar-refractivity contribution >= 4 is 45.1 Å². The number of aromatic nitrogens is 1. The first-order valence-electron chi connectivity index (χ1n) is 9.18. The van der Waals surface area contributed by atoms with E-state index in [-0.39, 0.29) is 0 Å². The highest BCUT2D eigenvalue weighted by molar-refractivity contribution is 14.1. The van der Waals surface area contributed by atoms with Gasteiger partial charge in [-0.05, 0) is 43.7 Å². The van der Waals surface area contributed by atoms with Crippen LogP contribution in [0.25, 0.3) is 10.9 Å². The van der Waals surface area contributed by atoms with E-state index in [2.05, 4.69) is 46.7 Å². The first kappa shape index (κ1) is 22.1. The number of nitrogens with two attached hydrogens (primary N) is 1. The highest BCUT2D eigenvalue weighted by Crippen LogP contribution is 2.41. The van der Waals surface area contributed by atoms with Gasteiger partial charge in [-0.2, -0.15) is 0 Å². The Morgan fingerprint density at radius 2 is 1.90 bits per heavy atom. The average molecular weight is 526 g/mol. The number of hydrogen-bond donors (Lipinski definition) is 2. The number of pyridine rings is 1. The van der Waals surface area contributed by atoms with Crippen molar-refractivity contribution in [3.05, 3.63) is 64.8 Å². The molecule has 0 fully saturated rings. The topological polar surface area (TPSA) is 69.4 Å².